The number of ether oxygens (including phenoxy) is 1. The van der Waals surface area contributed by atoms with Crippen molar-refractivity contribution < 1.29 is 35.9 Å². The van der Waals surface area contributed by atoms with Gasteiger partial charge in [-0.25, -0.2) is 0 Å². The van der Waals surface area contributed by atoms with Crippen LogP contribution >= 0.6 is 0 Å². The number of alkyl halides is 6. The Labute approximate surface area is 113 Å². The van der Waals surface area contributed by atoms with E-state index < -0.39 is 30.3 Å². The molecule has 0 amide bonds. The average Bonchev–Trinajstić information content (AvgIpc) is 2.21. The summed E-state index contributed by atoms with van der Waals surface area (Å²) < 4.78 is 77.0. The summed E-state index contributed by atoms with van der Waals surface area (Å²) in [5.41, 5.74) is 0. The van der Waals surface area contributed by atoms with Crippen molar-refractivity contribution in [3.05, 3.63) is 0 Å². The molecule has 0 N–H and O–H groups in total. The number of hydrogen-bond donors (Lipinski definition) is 0. The maximum Gasteiger partial charge on any atom is 0.434 e. The van der Waals surface area contributed by atoms with E-state index in [1.54, 1.807) is 6.92 Å². The molecule has 8 heteroatoms. The van der Waals surface area contributed by atoms with Crippen LogP contribution in [0.2, 0.25) is 0 Å². The Bertz CT molecular complexity index is 307. The molecule has 0 bridgehead atoms. The van der Waals surface area contributed by atoms with Gasteiger partial charge in [-0.05, 0) is 18.3 Å². The van der Waals surface area contributed by atoms with Gasteiger partial charge in [-0.15, -0.1) is 0 Å². The smallest absolute Gasteiger partial charge is 0.434 e. The van der Waals surface area contributed by atoms with Gasteiger partial charge in [0.15, 0.2) is 0 Å². The fourth-order valence-corrected chi connectivity index (χ4v) is 1.48. The summed E-state index contributed by atoms with van der Waals surface area (Å²) in [7, 11) is 0. The van der Waals surface area contributed by atoms with Gasteiger partial charge in [0.25, 0.3) is 6.10 Å². The zero-order chi connectivity index (χ0) is 16.3. The molecule has 0 fully saturated rings. The molecule has 0 aromatic heterocycles. The molecule has 0 aliphatic heterocycles. The number of carbonyl (C=O) groups is 1. The van der Waals surface area contributed by atoms with Crippen LogP contribution in [0.5, 0.6) is 0 Å². The minimum Gasteiger partial charge on any atom is -0.443 e. The summed E-state index contributed by atoms with van der Waals surface area (Å²) in [5, 5.41) is 0. The van der Waals surface area contributed by atoms with E-state index in [2.05, 4.69) is 4.74 Å². The third-order valence-electron chi connectivity index (χ3n) is 3.09. The van der Waals surface area contributed by atoms with Crippen LogP contribution in [0.1, 0.15) is 34.1 Å². The van der Waals surface area contributed by atoms with Gasteiger partial charge in [0.05, 0.1) is 5.92 Å². The van der Waals surface area contributed by atoms with Crippen LogP contribution < -0.4 is 0 Å². The van der Waals surface area contributed by atoms with E-state index in [0.717, 1.165) is 0 Å². The first-order valence-corrected chi connectivity index (χ1v) is 6.10. The van der Waals surface area contributed by atoms with E-state index in [9.17, 15) is 31.1 Å². The molecule has 120 valence electrons. The summed E-state index contributed by atoms with van der Waals surface area (Å²) in [4.78, 5) is 11.4. The molecule has 0 saturated carbocycles. The Hall–Kier alpha value is -0.950. The molecule has 0 aliphatic carbocycles. The molecule has 2 unspecified atom stereocenters. The highest BCUT2D eigenvalue weighted by Gasteiger charge is 2.60. The molecular weight excluding hydrogens is 290 g/mol. The Balaban J connectivity index is 4.78. The first kappa shape index (κ1) is 19.1. The summed E-state index contributed by atoms with van der Waals surface area (Å²) in [5.74, 6) is -2.38. The second-order valence-electron chi connectivity index (χ2n) is 5.26. The van der Waals surface area contributed by atoms with Crippen LogP contribution in [0, 0.1) is 17.8 Å². The zero-order valence-electron chi connectivity index (χ0n) is 11.6. The maximum absolute atomic E-state index is 12.2. The number of carbonyl (C=O) groups excluding carboxylic acids is 1. The van der Waals surface area contributed by atoms with Crippen molar-refractivity contribution in [2.75, 3.05) is 0 Å². The van der Waals surface area contributed by atoms with E-state index in [4.69, 9.17) is 0 Å². The SMILES string of the molecule is CC(CC(C)C(C)C)C(=O)OC(C(F)(F)F)C(F)(F)F. The second-order valence-corrected chi connectivity index (χ2v) is 5.26. The highest BCUT2D eigenvalue weighted by atomic mass is 19.4. The predicted molar refractivity (Wildman–Crippen MR) is 59.8 cm³/mol. The molecule has 0 aromatic carbocycles. The van der Waals surface area contributed by atoms with Crippen LogP contribution in [0.3, 0.4) is 0 Å². The standard InChI is InChI=1S/C12H18F6O2/c1-6(2)7(3)5-8(4)9(19)20-10(11(13,14)15)12(16,17)18/h6-8,10H,5H2,1-4H3. The molecule has 0 aliphatic rings. The molecule has 0 heterocycles. The van der Waals surface area contributed by atoms with Gasteiger partial charge >= 0.3 is 18.3 Å². The normalized spacial score (nSPS) is 16.4. The lowest BCUT2D eigenvalue weighted by Crippen LogP contribution is -2.46. The summed E-state index contributed by atoms with van der Waals surface area (Å²) in [6.07, 6.45) is -15.2. The lowest BCUT2D eigenvalue weighted by Gasteiger charge is -2.25. The van der Waals surface area contributed by atoms with Gasteiger partial charge in [-0.2, -0.15) is 26.3 Å². The third-order valence-corrected chi connectivity index (χ3v) is 3.09. The maximum atomic E-state index is 12.2. The minimum absolute atomic E-state index is 0.0206. The van der Waals surface area contributed by atoms with Crippen molar-refractivity contribution in [1.29, 1.82) is 0 Å². The fourth-order valence-electron chi connectivity index (χ4n) is 1.48. The van der Waals surface area contributed by atoms with Gasteiger partial charge in [0, 0.05) is 0 Å². The lowest BCUT2D eigenvalue weighted by molar-refractivity contribution is -0.314. The number of rotatable bonds is 5. The van der Waals surface area contributed by atoms with Crippen LogP contribution in [-0.4, -0.2) is 24.4 Å². The molecular formula is C12H18F6O2. The van der Waals surface area contributed by atoms with Crippen LogP contribution in [-0.2, 0) is 9.53 Å². The van der Waals surface area contributed by atoms with Gasteiger partial charge in [0.1, 0.15) is 0 Å². The molecule has 2 atom stereocenters. The molecule has 2 nitrogen and oxygen atoms in total. The number of hydrogen-bond acceptors (Lipinski definition) is 2. The van der Waals surface area contributed by atoms with Gasteiger partial charge in [-0.1, -0.05) is 27.7 Å². The quantitative estimate of drug-likeness (QED) is 0.558. The molecule has 0 spiro atoms. The predicted octanol–water partition coefficient (Wildman–Crippen LogP) is 4.34. The summed E-state index contributed by atoms with van der Waals surface area (Å²) in [6, 6.07) is 0. The first-order valence-electron chi connectivity index (χ1n) is 6.10. The van der Waals surface area contributed by atoms with E-state index in [1.807, 2.05) is 13.8 Å². The van der Waals surface area contributed by atoms with Gasteiger partial charge < -0.3 is 4.74 Å². The second kappa shape index (κ2) is 6.67. The van der Waals surface area contributed by atoms with E-state index >= 15 is 0 Å². The van der Waals surface area contributed by atoms with Gasteiger partial charge in [0.2, 0.25) is 0 Å². The van der Waals surface area contributed by atoms with Crippen molar-refractivity contribution in [2.45, 2.75) is 52.6 Å². The highest BCUT2D eigenvalue weighted by Crippen LogP contribution is 2.36. The third kappa shape index (κ3) is 6.00. The minimum atomic E-state index is -5.67. The molecule has 0 rings (SSSR count). The van der Waals surface area contributed by atoms with Crippen LogP contribution in [0.4, 0.5) is 26.3 Å². The van der Waals surface area contributed by atoms with Crippen LogP contribution in [0.15, 0.2) is 0 Å². The molecule has 0 aromatic rings. The summed E-state index contributed by atoms with van der Waals surface area (Å²) in [6.45, 7) is 6.71. The first-order chi connectivity index (χ1) is 8.76. The topological polar surface area (TPSA) is 26.3 Å². The largest absolute Gasteiger partial charge is 0.443 e. The van der Waals surface area contributed by atoms with E-state index in [0.29, 0.717) is 0 Å². The number of esters is 1. The monoisotopic (exact) mass is 308 g/mol. The van der Waals surface area contributed by atoms with E-state index in [-0.39, 0.29) is 18.3 Å². The average molecular weight is 308 g/mol. The fraction of sp³-hybridized carbons (Fsp3) is 0.917. The lowest BCUT2D eigenvalue weighted by atomic mass is 9.89. The highest BCUT2D eigenvalue weighted by molar-refractivity contribution is 5.72. The Kier molecular flexibility index (Phi) is 6.35. The van der Waals surface area contributed by atoms with Gasteiger partial charge in [-0.3, -0.25) is 4.79 Å². The van der Waals surface area contributed by atoms with Crippen molar-refractivity contribution in [2.24, 2.45) is 17.8 Å². The molecule has 0 saturated heterocycles. The Morgan fingerprint density at radius 3 is 1.65 bits per heavy atom. The van der Waals surface area contributed by atoms with Crippen molar-refractivity contribution >= 4 is 5.97 Å². The summed E-state index contributed by atoms with van der Waals surface area (Å²) >= 11 is 0. The number of halogens is 6. The van der Waals surface area contributed by atoms with E-state index in [1.165, 1.54) is 6.92 Å². The molecule has 0 radical (unpaired) electrons. The Morgan fingerprint density at radius 1 is 0.950 bits per heavy atom. The van der Waals surface area contributed by atoms with Crippen molar-refractivity contribution in [3.63, 3.8) is 0 Å². The van der Waals surface area contributed by atoms with Crippen LogP contribution in [0.25, 0.3) is 0 Å². The van der Waals surface area contributed by atoms with Crippen molar-refractivity contribution in [1.82, 2.24) is 0 Å². The Morgan fingerprint density at radius 2 is 1.35 bits per heavy atom. The zero-order valence-corrected chi connectivity index (χ0v) is 11.6. The van der Waals surface area contributed by atoms with Crippen molar-refractivity contribution in [3.8, 4) is 0 Å². The molecule has 20 heavy (non-hydrogen) atoms.